The number of hydrogen-bond acceptors (Lipinski definition) is 6. The van der Waals surface area contributed by atoms with Crippen LogP contribution in [0.2, 0.25) is 0 Å². The highest BCUT2D eigenvalue weighted by atomic mass is 28.3. The van der Waals surface area contributed by atoms with E-state index in [1.165, 1.54) is 41.5 Å². The van der Waals surface area contributed by atoms with Gasteiger partial charge >= 0.3 is 0 Å². The Morgan fingerprint density at radius 2 is 0.526 bits per heavy atom. The first-order chi connectivity index (χ1) is 57.1. The van der Waals surface area contributed by atoms with E-state index in [0.717, 1.165) is 121 Å². The van der Waals surface area contributed by atoms with Crippen molar-refractivity contribution in [3.8, 4) is 34.4 Å². The molecule has 2 aromatic heterocycles. The second-order valence-corrected chi connectivity index (χ2v) is 38.7. The molecule has 0 radical (unpaired) electrons. The normalized spacial score (nSPS) is 11.9. The Kier molecular flexibility index (Phi) is 17.7. The summed E-state index contributed by atoms with van der Waals surface area (Å²) in [6, 6.07) is 146. The number of rotatable bonds is 18. The largest absolute Gasteiger partial charge is 0.454 e. The molecule has 0 N–H and O–H groups in total. The maximum absolute atomic E-state index is 12.0. The zero-order chi connectivity index (χ0) is 78.2. The van der Waals surface area contributed by atoms with Crippen LogP contribution in [0.5, 0.6) is 0 Å². The summed E-state index contributed by atoms with van der Waals surface area (Å²) in [5.74, 6) is 0.103. The van der Waals surface area contributed by atoms with E-state index in [9.17, 15) is 10.5 Å². The molecular formula is C108H78N4O2Si2. The van der Waals surface area contributed by atoms with Gasteiger partial charge in [-0.1, -0.05) is 355 Å². The molecule has 0 bridgehead atoms. The summed E-state index contributed by atoms with van der Waals surface area (Å²) in [5.41, 5.74) is 15.0. The minimum atomic E-state index is -2.83. The Bertz CT molecular complexity index is 6590. The number of fused-ring (bicyclic) bond motifs is 6. The molecule has 0 aliphatic rings. The lowest BCUT2D eigenvalue weighted by molar-refractivity contribution is 0.668. The molecule has 20 aromatic rings. The maximum atomic E-state index is 12.0. The molecule has 0 aliphatic heterocycles. The predicted octanol–water partition coefficient (Wildman–Crippen LogP) is 23.4. The van der Waals surface area contributed by atoms with Crippen molar-refractivity contribution in [3.05, 3.63) is 411 Å². The van der Waals surface area contributed by atoms with Crippen LogP contribution in [-0.4, -0.2) is 16.1 Å². The number of benzene rings is 18. The third kappa shape index (κ3) is 11.4. The van der Waals surface area contributed by atoms with Crippen LogP contribution in [0.4, 0.5) is 34.1 Å². The van der Waals surface area contributed by atoms with E-state index in [2.05, 4.69) is 414 Å². The van der Waals surface area contributed by atoms with Gasteiger partial charge in [-0.15, -0.1) is 0 Å². The highest BCUT2D eigenvalue weighted by Crippen LogP contribution is 2.54. The fraction of sp³-hybridized carbons (Fsp3) is 0.0556. The summed E-state index contributed by atoms with van der Waals surface area (Å²) in [6.07, 6.45) is 0. The fourth-order valence-corrected chi connectivity index (χ4v) is 28.4. The lowest BCUT2D eigenvalue weighted by atomic mass is 9.84. The van der Waals surface area contributed by atoms with E-state index in [1.807, 2.05) is 24.3 Å². The van der Waals surface area contributed by atoms with E-state index in [0.29, 0.717) is 33.7 Å². The van der Waals surface area contributed by atoms with Crippen molar-refractivity contribution in [1.29, 1.82) is 10.5 Å². The zero-order valence-electron chi connectivity index (χ0n) is 64.7. The lowest BCUT2D eigenvalue weighted by Gasteiger charge is -2.34. The van der Waals surface area contributed by atoms with Gasteiger partial charge in [-0.2, -0.15) is 10.5 Å². The molecule has 0 atom stereocenters. The average Bonchev–Trinajstić information content (AvgIpc) is 0.812. The second-order valence-electron chi connectivity index (χ2n) is 31.1. The third-order valence-electron chi connectivity index (χ3n) is 24.2. The number of nitrogens with zero attached hydrogens (tertiary/aromatic N) is 4. The summed E-state index contributed by atoms with van der Waals surface area (Å²) in [7, 11) is -5.66. The van der Waals surface area contributed by atoms with Gasteiger partial charge < -0.3 is 18.6 Å². The minimum absolute atomic E-state index is 0.0516. The van der Waals surface area contributed by atoms with Crippen LogP contribution in [-0.2, 0) is 0 Å². The monoisotopic (exact) mass is 1520 g/mol. The molecule has 8 heteroatoms. The van der Waals surface area contributed by atoms with Crippen LogP contribution < -0.4 is 51.3 Å². The second kappa shape index (κ2) is 29.0. The van der Waals surface area contributed by atoms with Crippen molar-refractivity contribution in [1.82, 2.24) is 0 Å². The van der Waals surface area contributed by atoms with Crippen molar-refractivity contribution in [2.45, 2.75) is 39.5 Å². The Balaban J connectivity index is 0.785. The van der Waals surface area contributed by atoms with Gasteiger partial charge in [0.05, 0.1) is 45.3 Å². The topological polar surface area (TPSA) is 80.3 Å². The molecule has 0 saturated heterocycles. The molecule has 6 nitrogen and oxygen atoms in total. The molecule has 550 valence electrons. The molecule has 18 aromatic carbocycles. The first-order valence-electron chi connectivity index (χ1n) is 39.9. The molecule has 2 heterocycles. The number of hydrogen-bond donors (Lipinski definition) is 0. The van der Waals surface area contributed by atoms with Gasteiger partial charge in [-0.25, -0.2) is 0 Å². The highest BCUT2D eigenvalue weighted by Gasteiger charge is 2.43. The van der Waals surface area contributed by atoms with Gasteiger partial charge in [0.25, 0.3) is 0 Å². The Morgan fingerprint density at radius 1 is 0.241 bits per heavy atom. The first kappa shape index (κ1) is 70.7. The molecule has 0 fully saturated rings. The van der Waals surface area contributed by atoms with Crippen LogP contribution in [0.25, 0.3) is 98.4 Å². The van der Waals surface area contributed by atoms with Gasteiger partial charge in [0.2, 0.25) is 0 Å². The van der Waals surface area contributed by atoms with E-state index in [1.54, 1.807) is 0 Å². The van der Waals surface area contributed by atoms with Crippen LogP contribution in [0, 0.1) is 22.7 Å². The fourth-order valence-electron chi connectivity index (χ4n) is 18.9. The smallest absolute Gasteiger partial charge is 0.179 e. The van der Waals surface area contributed by atoms with Gasteiger partial charge in [0.1, 0.15) is 23.3 Å². The van der Waals surface area contributed by atoms with Crippen molar-refractivity contribution in [2.24, 2.45) is 0 Å². The SMILES string of the molecule is CC(C)c1cc(N(c2ccc(-c3ccc([Si](c4ccccc4)(c4ccccc4)c4ccccc4)cc3)cc2C#N)c2cccc3c2oc2ccccc23)c2ccc3c(C(C)C)cc(N(c4ccc(-c5ccc([Si](c6ccccc6)(c6ccccc6)c6ccccc6)cc5)cc4C#N)c4cccc5c4oc4ccccc45)c4ccc1c2c34. The van der Waals surface area contributed by atoms with E-state index in [4.69, 9.17) is 8.83 Å². The van der Waals surface area contributed by atoms with Gasteiger partial charge in [0, 0.05) is 32.3 Å². The van der Waals surface area contributed by atoms with Crippen LogP contribution in [0.15, 0.2) is 397 Å². The first-order valence-corrected chi connectivity index (χ1v) is 43.9. The van der Waals surface area contributed by atoms with Gasteiger partial charge in [-0.05, 0) is 169 Å². The van der Waals surface area contributed by atoms with Gasteiger partial charge in [-0.3, -0.25) is 0 Å². The Morgan fingerprint density at radius 3 is 0.845 bits per heavy atom. The summed E-state index contributed by atoms with van der Waals surface area (Å²) < 4.78 is 14.2. The average molecular weight is 1520 g/mol. The van der Waals surface area contributed by atoms with Crippen molar-refractivity contribution < 1.29 is 8.83 Å². The maximum Gasteiger partial charge on any atom is 0.179 e. The van der Waals surface area contributed by atoms with Gasteiger partial charge in [0.15, 0.2) is 27.3 Å². The molecule has 20 rings (SSSR count). The molecule has 0 unspecified atom stereocenters. The predicted molar refractivity (Wildman–Crippen MR) is 490 cm³/mol. The highest BCUT2D eigenvalue weighted by molar-refractivity contribution is 7.20. The zero-order valence-corrected chi connectivity index (χ0v) is 66.7. The van der Waals surface area contributed by atoms with E-state index in [-0.39, 0.29) is 11.8 Å². The Labute approximate surface area is 676 Å². The lowest BCUT2D eigenvalue weighted by Crippen LogP contribution is -2.74. The molecule has 0 saturated carbocycles. The third-order valence-corrected chi connectivity index (χ3v) is 33.7. The molecular weight excluding hydrogens is 1440 g/mol. The quantitative estimate of drug-likeness (QED) is 0.0484. The van der Waals surface area contributed by atoms with Crippen molar-refractivity contribution in [3.63, 3.8) is 0 Å². The van der Waals surface area contributed by atoms with Crippen LogP contribution >= 0.6 is 0 Å². The Hall–Kier alpha value is -14.4. The molecule has 116 heavy (non-hydrogen) atoms. The minimum Gasteiger partial charge on any atom is -0.454 e. The molecule has 0 spiro atoms. The summed E-state index contributed by atoms with van der Waals surface area (Å²) in [5, 5.41) is 44.7. The summed E-state index contributed by atoms with van der Waals surface area (Å²) in [4.78, 5) is 4.60. The number of para-hydroxylation sites is 4. The standard InChI is InChI=1S/C108H78N4O2Si2/c1-71(2)95-67-101(111(99-45-27-43-91-87-41-23-25-47-103(87)113-107(91)99)97-63-53-75(65-77(97)69-109)73-49-55-85(56-50-73)115(79-29-11-5-12-30-79,80-31-13-6-14-32-80)81-33-15-7-16-34-81)93-62-60-90-96(72(3)4)68-102(94-61-59-89(95)105(93)106(90)94)112(100-46-28-44-92-88-42-24-26-48-104(88)114-108(92)100)98-64-54-76(66-78(98)70-110)74-51-57-86(58-52-74)116(82-35-17-8-18-36-82,83-37-19-9-20-38-83)84-39-21-10-22-40-84/h5-68,71-72H,1-4H3. The summed E-state index contributed by atoms with van der Waals surface area (Å²) >= 11 is 0. The van der Waals surface area contributed by atoms with Crippen molar-refractivity contribution >= 4 is 168 Å². The van der Waals surface area contributed by atoms with Crippen molar-refractivity contribution in [2.75, 3.05) is 9.80 Å². The van der Waals surface area contributed by atoms with Crippen LogP contribution in [0.1, 0.15) is 61.8 Å². The molecule has 0 aliphatic carbocycles. The van der Waals surface area contributed by atoms with E-state index < -0.39 is 16.1 Å². The number of nitriles is 2. The van der Waals surface area contributed by atoms with Crippen LogP contribution in [0.3, 0.4) is 0 Å². The van der Waals surface area contributed by atoms with E-state index >= 15 is 0 Å². The summed E-state index contributed by atoms with van der Waals surface area (Å²) in [6.45, 7) is 9.13. The number of anilines is 6. The molecule has 0 amide bonds. The number of furan rings is 2.